The Balaban J connectivity index is 3.34. The highest BCUT2D eigenvalue weighted by Gasteiger charge is 2.27. The van der Waals surface area contributed by atoms with Crippen molar-refractivity contribution >= 4 is 11.5 Å². The first-order chi connectivity index (χ1) is 9.72. The van der Waals surface area contributed by atoms with Crippen LogP contribution in [0.4, 0.5) is 11.5 Å². The minimum absolute atomic E-state index is 0.0246. The predicted octanol–water partition coefficient (Wildman–Crippen LogP) is 3.36. The van der Waals surface area contributed by atoms with Crippen LogP contribution in [0, 0.1) is 16.0 Å². The second-order valence-corrected chi connectivity index (χ2v) is 6.00. The van der Waals surface area contributed by atoms with Crippen molar-refractivity contribution in [1.29, 1.82) is 0 Å². The first-order valence-electron chi connectivity index (χ1n) is 7.18. The standard InChI is InChI=1S/C14H24N4O3/c1-8(2)7-21-14-11(18(19)20)13(15-10(5)6)16-12(17-14)9(3)4/h8-10H,7H2,1-6H3,(H,15,16,17). The molecular weight excluding hydrogens is 272 g/mol. The maximum atomic E-state index is 11.4. The maximum absolute atomic E-state index is 11.4. The van der Waals surface area contributed by atoms with Gasteiger partial charge in [0.25, 0.3) is 5.88 Å². The Morgan fingerprint density at radius 1 is 1.19 bits per heavy atom. The number of nitrogens with one attached hydrogen (secondary N) is 1. The molecule has 0 aliphatic carbocycles. The summed E-state index contributed by atoms with van der Waals surface area (Å²) >= 11 is 0. The lowest BCUT2D eigenvalue weighted by molar-refractivity contribution is -0.385. The fourth-order valence-electron chi connectivity index (χ4n) is 1.59. The summed E-state index contributed by atoms with van der Waals surface area (Å²) in [4.78, 5) is 19.4. The third-order valence-electron chi connectivity index (χ3n) is 2.55. The van der Waals surface area contributed by atoms with Gasteiger partial charge in [0.15, 0.2) is 0 Å². The van der Waals surface area contributed by atoms with Gasteiger partial charge in [-0.1, -0.05) is 27.7 Å². The lowest BCUT2D eigenvalue weighted by Crippen LogP contribution is -2.17. The van der Waals surface area contributed by atoms with E-state index in [0.29, 0.717) is 12.4 Å². The van der Waals surface area contributed by atoms with Gasteiger partial charge < -0.3 is 10.1 Å². The van der Waals surface area contributed by atoms with Crippen molar-refractivity contribution in [2.24, 2.45) is 5.92 Å². The van der Waals surface area contributed by atoms with Crippen molar-refractivity contribution in [1.82, 2.24) is 9.97 Å². The van der Waals surface area contributed by atoms with Crippen LogP contribution < -0.4 is 10.1 Å². The molecule has 1 heterocycles. The van der Waals surface area contributed by atoms with Crippen LogP contribution in [0.2, 0.25) is 0 Å². The topological polar surface area (TPSA) is 90.2 Å². The molecule has 1 rings (SSSR count). The normalized spacial score (nSPS) is 11.3. The zero-order valence-electron chi connectivity index (χ0n) is 13.5. The minimum atomic E-state index is -0.496. The highest BCUT2D eigenvalue weighted by Crippen LogP contribution is 2.33. The summed E-state index contributed by atoms with van der Waals surface area (Å²) in [6, 6.07) is 0.0246. The molecule has 0 saturated heterocycles. The number of rotatable bonds is 7. The van der Waals surface area contributed by atoms with Crippen molar-refractivity contribution in [2.75, 3.05) is 11.9 Å². The number of hydrogen-bond acceptors (Lipinski definition) is 6. The molecular formula is C14H24N4O3. The number of nitro groups is 1. The average Bonchev–Trinajstić information content (AvgIpc) is 2.34. The molecule has 7 heteroatoms. The summed E-state index contributed by atoms with van der Waals surface area (Å²) in [5, 5.41) is 14.4. The van der Waals surface area contributed by atoms with E-state index in [2.05, 4.69) is 15.3 Å². The van der Waals surface area contributed by atoms with Crippen LogP contribution in [0.3, 0.4) is 0 Å². The molecule has 0 aliphatic heterocycles. The summed E-state index contributed by atoms with van der Waals surface area (Å²) in [5.74, 6) is 1.09. The van der Waals surface area contributed by atoms with E-state index < -0.39 is 4.92 Å². The van der Waals surface area contributed by atoms with Gasteiger partial charge in [0, 0.05) is 12.0 Å². The molecule has 0 aromatic carbocycles. The van der Waals surface area contributed by atoms with Gasteiger partial charge in [-0.25, -0.2) is 4.98 Å². The molecule has 0 spiro atoms. The Morgan fingerprint density at radius 2 is 1.81 bits per heavy atom. The fourth-order valence-corrected chi connectivity index (χ4v) is 1.59. The Hall–Kier alpha value is -1.92. The molecule has 1 aromatic rings. The highest BCUT2D eigenvalue weighted by atomic mass is 16.6. The average molecular weight is 296 g/mol. The Morgan fingerprint density at radius 3 is 2.24 bits per heavy atom. The summed E-state index contributed by atoms with van der Waals surface area (Å²) in [7, 11) is 0. The lowest BCUT2D eigenvalue weighted by Gasteiger charge is -2.15. The minimum Gasteiger partial charge on any atom is -0.472 e. The summed E-state index contributed by atoms with van der Waals surface area (Å²) in [6.07, 6.45) is 0. The quantitative estimate of drug-likeness (QED) is 0.613. The Bertz CT molecular complexity index is 501. The van der Waals surface area contributed by atoms with E-state index in [1.165, 1.54) is 0 Å². The number of hydrogen-bond donors (Lipinski definition) is 1. The smallest absolute Gasteiger partial charge is 0.372 e. The summed E-state index contributed by atoms with van der Waals surface area (Å²) < 4.78 is 5.54. The van der Waals surface area contributed by atoms with E-state index in [9.17, 15) is 10.1 Å². The van der Waals surface area contributed by atoms with Gasteiger partial charge in [0.2, 0.25) is 5.82 Å². The first kappa shape index (κ1) is 17.1. The molecule has 118 valence electrons. The third-order valence-corrected chi connectivity index (χ3v) is 2.55. The second kappa shape index (κ2) is 7.19. The lowest BCUT2D eigenvalue weighted by atomic mass is 10.2. The van der Waals surface area contributed by atoms with Gasteiger partial charge >= 0.3 is 5.69 Å². The van der Waals surface area contributed by atoms with Crippen LogP contribution in [-0.4, -0.2) is 27.5 Å². The molecule has 0 bridgehead atoms. The monoisotopic (exact) mass is 296 g/mol. The van der Waals surface area contributed by atoms with Gasteiger partial charge in [0.1, 0.15) is 5.82 Å². The molecule has 21 heavy (non-hydrogen) atoms. The van der Waals surface area contributed by atoms with Crippen molar-refractivity contribution in [3.63, 3.8) is 0 Å². The number of anilines is 1. The number of nitrogens with zero attached hydrogens (tertiary/aromatic N) is 3. The van der Waals surface area contributed by atoms with Gasteiger partial charge in [-0.2, -0.15) is 4.98 Å². The van der Waals surface area contributed by atoms with Crippen LogP contribution >= 0.6 is 0 Å². The molecule has 0 fully saturated rings. The number of ether oxygens (including phenoxy) is 1. The van der Waals surface area contributed by atoms with Crippen molar-refractivity contribution in [2.45, 2.75) is 53.5 Å². The molecule has 1 N–H and O–H groups in total. The predicted molar refractivity (Wildman–Crippen MR) is 81.9 cm³/mol. The SMILES string of the molecule is CC(C)COc1nc(C(C)C)nc(NC(C)C)c1[N+](=O)[O-]. The maximum Gasteiger partial charge on any atom is 0.372 e. The fraction of sp³-hybridized carbons (Fsp3) is 0.714. The third kappa shape index (κ3) is 4.84. The number of aromatic nitrogens is 2. The summed E-state index contributed by atoms with van der Waals surface area (Å²) in [5.41, 5.74) is -0.200. The molecule has 0 saturated carbocycles. The highest BCUT2D eigenvalue weighted by molar-refractivity contribution is 5.62. The largest absolute Gasteiger partial charge is 0.472 e. The van der Waals surface area contributed by atoms with Gasteiger partial charge in [-0.15, -0.1) is 0 Å². The van der Waals surface area contributed by atoms with Gasteiger partial charge in [-0.3, -0.25) is 10.1 Å². The molecule has 0 unspecified atom stereocenters. The van der Waals surface area contributed by atoms with Gasteiger partial charge in [0.05, 0.1) is 11.5 Å². The van der Waals surface area contributed by atoms with Crippen LogP contribution in [0.15, 0.2) is 0 Å². The van der Waals surface area contributed by atoms with Crippen LogP contribution in [0.5, 0.6) is 5.88 Å². The van der Waals surface area contributed by atoms with E-state index in [-0.39, 0.29) is 35.3 Å². The second-order valence-electron chi connectivity index (χ2n) is 6.00. The van der Waals surface area contributed by atoms with E-state index in [0.717, 1.165) is 0 Å². The molecule has 0 amide bonds. The molecule has 7 nitrogen and oxygen atoms in total. The van der Waals surface area contributed by atoms with Crippen molar-refractivity contribution in [3.8, 4) is 5.88 Å². The van der Waals surface area contributed by atoms with Crippen LogP contribution in [-0.2, 0) is 0 Å². The Kier molecular flexibility index (Phi) is 5.87. The molecule has 0 radical (unpaired) electrons. The first-order valence-corrected chi connectivity index (χ1v) is 7.18. The Labute approximate surface area is 125 Å². The van der Waals surface area contributed by atoms with Crippen LogP contribution in [0.1, 0.15) is 53.3 Å². The van der Waals surface area contributed by atoms with Crippen molar-refractivity contribution in [3.05, 3.63) is 15.9 Å². The van der Waals surface area contributed by atoms with E-state index in [1.54, 1.807) is 0 Å². The van der Waals surface area contributed by atoms with E-state index in [1.807, 2.05) is 41.5 Å². The van der Waals surface area contributed by atoms with E-state index >= 15 is 0 Å². The zero-order valence-corrected chi connectivity index (χ0v) is 13.5. The van der Waals surface area contributed by atoms with Crippen LogP contribution in [0.25, 0.3) is 0 Å². The molecule has 0 atom stereocenters. The van der Waals surface area contributed by atoms with Gasteiger partial charge in [-0.05, 0) is 19.8 Å². The zero-order chi connectivity index (χ0) is 16.2. The molecule has 0 aliphatic rings. The summed E-state index contributed by atoms with van der Waals surface area (Å²) in [6.45, 7) is 12.0. The molecule has 1 aromatic heterocycles. The van der Waals surface area contributed by atoms with E-state index in [4.69, 9.17) is 4.74 Å². The van der Waals surface area contributed by atoms with Crippen molar-refractivity contribution < 1.29 is 9.66 Å².